The third kappa shape index (κ3) is 2.67. The number of rotatable bonds is 3. The molecule has 0 aromatic carbocycles. The summed E-state index contributed by atoms with van der Waals surface area (Å²) in [6.07, 6.45) is 1.68. The van der Waals surface area contributed by atoms with Crippen LogP contribution in [-0.4, -0.2) is 32.5 Å². The van der Waals surface area contributed by atoms with Gasteiger partial charge in [0.15, 0.2) is 0 Å². The minimum absolute atomic E-state index is 0.140. The second-order valence-corrected chi connectivity index (χ2v) is 3.11. The smallest absolute Gasteiger partial charge is 0.312 e. The Labute approximate surface area is 78.6 Å². The monoisotopic (exact) mass is 187 g/mol. The van der Waals surface area contributed by atoms with Gasteiger partial charge >= 0.3 is 5.97 Å². The van der Waals surface area contributed by atoms with Gasteiger partial charge in [-0.3, -0.25) is 10.1 Å². The maximum absolute atomic E-state index is 11.4. The lowest BCUT2D eigenvalue weighted by Crippen LogP contribution is -2.46. The summed E-state index contributed by atoms with van der Waals surface area (Å²) in [5.41, 5.74) is 0. The zero-order valence-corrected chi connectivity index (χ0v) is 8.21. The summed E-state index contributed by atoms with van der Waals surface area (Å²) in [5, 5.41) is 3.14. The minimum atomic E-state index is -0.173. The van der Waals surface area contributed by atoms with Gasteiger partial charge < -0.3 is 9.47 Å². The van der Waals surface area contributed by atoms with Gasteiger partial charge in [-0.15, -0.1) is 0 Å². The van der Waals surface area contributed by atoms with Crippen molar-refractivity contribution in [2.75, 3.05) is 20.3 Å². The SMILES string of the molecule is CCOC(=O)C1CCCNC1OC. The van der Waals surface area contributed by atoms with Gasteiger partial charge in [0.1, 0.15) is 6.23 Å². The molecule has 1 N–H and O–H groups in total. The van der Waals surface area contributed by atoms with E-state index in [0.29, 0.717) is 6.61 Å². The lowest BCUT2D eigenvalue weighted by atomic mass is 9.98. The molecule has 76 valence electrons. The molecule has 1 saturated heterocycles. The summed E-state index contributed by atoms with van der Waals surface area (Å²) in [4.78, 5) is 11.4. The molecule has 1 aliphatic heterocycles. The number of piperidine rings is 1. The fourth-order valence-electron chi connectivity index (χ4n) is 1.60. The number of esters is 1. The molecule has 0 aliphatic carbocycles. The Balaban J connectivity index is 2.48. The fourth-order valence-corrected chi connectivity index (χ4v) is 1.60. The van der Waals surface area contributed by atoms with Crippen molar-refractivity contribution in [3.63, 3.8) is 0 Å². The Morgan fingerprint density at radius 3 is 3.00 bits per heavy atom. The molecule has 4 nitrogen and oxygen atoms in total. The van der Waals surface area contributed by atoms with Crippen molar-refractivity contribution in [1.82, 2.24) is 5.32 Å². The molecule has 1 rings (SSSR count). The van der Waals surface area contributed by atoms with Crippen molar-refractivity contribution in [3.05, 3.63) is 0 Å². The van der Waals surface area contributed by atoms with Crippen LogP contribution in [0.4, 0.5) is 0 Å². The fraction of sp³-hybridized carbons (Fsp3) is 0.889. The van der Waals surface area contributed by atoms with Crippen LogP contribution in [0.3, 0.4) is 0 Å². The van der Waals surface area contributed by atoms with Crippen LogP contribution >= 0.6 is 0 Å². The first-order valence-electron chi connectivity index (χ1n) is 4.72. The van der Waals surface area contributed by atoms with Crippen LogP contribution < -0.4 is 5.32 Å². The van der Waals surface area contributed by atoms with Gasteiger partial charge in [0.05, 0.1) is 12.5 Å². The average Bonchev–Trinajstić information content (AvgIpc) is 2.18. The van der Waals surface area contributed by atoms with Crippen molar-refractivity contribution >= 4 is 5.97 Å². The van der Waals surface area contributed by atoms with Crippen molar-refractivity contribution in [1.29, 1.82) is 0 Å². The Morgan fingerprint density at radius 1 is 1.62 bits per heavy atom. The van der Waals surface area contributed by atoms with Gasteiger partial charge in [0.25, 0.3) is 0 Å². The molecule has 0 radical (unpaired) electrons. The van der Waals surface area contributed by atoms with E-state index in [-0.39, 0.29) is 18.1 Å². The van der Waals surface area contributed by atoms with E-state index in [2.05, 4.69) is 5.32 Å². The number of carbonyl (C=O) groups is 1. The number of hydrogen-bond donors (Lipinski definition) is 1. The molecule has 2 atom stereocenters. The van der Waals surface area contributed by atoms with Crippen LogP contribution in [0.15, 0.2) is 0 Å². The minimum Gasteiger partial charge on any atom is -0.466 e. The zero-order chi connectivity index (χ0) is 9.68. The predicted octanol–water partition coefficient (Wildman–Crippen LogP) is 0.522. The quantitative estimate of drug-likeness (QED) is 0.654. The van der Waals surface area contributed by atoms with E-state index in [1.165, 1.54) is 0 Å². The van der Waals surface area contributed by atoms with Gasteiger partial charge in [-0.25, -0.2) is 0 Å². The van der Waals surface area contributed by atoms with E-state index in [9.17, 15) is 4.79 Å². The summed E-state index contributed by atoms with van der Waals surface area (Å²) in [6, 6.07) is 0. The van der Waals surface area contributed by atoms with E-state index in [1.54, 1.807) is 7.11 Å². The topological polar surface area (TPSA) is 47.6 Å². The summed E-state index contributed by atoms with van der Waals surface area (Å²) in [5.74, 6) is -0.291. The molecule has 0 aromatic rings. The lowest BCUT2D eigenvalue weighted by molar-refractivity contribution is -0.155. The maximum atomic E-state index is 11.4. The molecule has 0 bridgehead atoms. The maximum Gasteiger partial charge on any atom is 0.312 e. The van der Waals surface area contributed by atoms with E-state index in [0.717, 1.165) is 19.4 Å². The van der Waals surface area contributed by atoms with Crippen LogP contribution in [0.2, 0.25) is 0 Å². The summed E-state index contributed by atoms with van der Waals surface area (Å²) >= 11 is 0. The molecule has 0 spiro atoms. The normalized spacial score (nSPS) is 28.5. The molecule has 1 aliphatic rings. The van der Waals surface area contributed by atoms with Crippen LogP contribution in [0, 0.1) is 5.92 Å². The van der Waals surface area contributed by atoms with Gasteiger partial charge in [0.2, 0.25) is 0 Å². The largest absolute Gasteiger partial charge is 0.466 e. The van der Waals surface area contributed by atoms with E-state index < -0.39 is 0 Å². The summed E-state index contributed by atoms with van der Waals surface area (Å²) in [6.45, 7) is 3.16. The average molecular weight is 187 g/mol. The van der Waals surface area contributed by atoms with Gasteiger partial charge in [0, 0.05) is 7.11 Å². The molecule has 0 aromatic heterocycles. The van der Waals surface area contributed by atoms with Gasteiger partial charge in [-0.1, -0.05) is 0 Å². The van der Waals surface area contributed by atoms with E-state index >= 15 is 0 Å². The highest BCUT2D eigenvalue weighted by atomic mass is 16.5. The summed E-state index contributed by atoms with van der Waals surface area (Å²) in [7, 11) is 1.61. The Hall–Kier alpha value is -0.610. The Morgan fingerprint density at radius 2 is 2.38 bits per heavy atom. The van der Waals surface area contributed by atoms with Gasteiger partial charge in [-0.2, -0.15) is 0 Å². The first kappa shape index (κ1) is 10.5. The number of nitrogens with one attached hydrogen (secondary N) is 1. The van der Waals surface area contributed by atoms with Crippen molar-refractivity contribution < 1.29 is 14.3 Å². The van der Waals surface area contributed by atoms with Crippen LogP contribution in [0.1, 0.15) is 19.8 Å². The molecule has 4 heteroatoms. The number of methoxy groups -OCH3 is 1. The second kappa shape index (κ2) is 5.19. The predicted molar refractivity (Wildman–Crippen MR) is 48.2 cm³/mol. The zero-order valence-electron chi connectivity index (χ0n) is 8.21. The lowest BCUT2D eigenvalue weighted by Gasteiger charge is -2.29. The summed E-state index contributed by atoms with van der Waals surface area (Å²) < 4.78 is 10.1. The third-order valence-electron chi connectivity index (χ3n) is 2.25. The highest BCUT2D eigenvalue weighted by Gasteiger charge is 2.31. The van der Waals surface area contributed by atoms with Crippen LogP contribution in [-0.2, 0) is 14.3 Å². The molecular formula is C9H17NO3. The van der Waals surface area contributed by atoms with Gasteiger partial charge in [-0.05, 0) is 26.3 Å². The van der Waals surface area contributed by atoms with Crippen LogP contribution in [0.5, 0.6) is 0 Å². The number of hydrogen-bond acceptors (Lipinski definition) is 4. The Kier molecular flexibility index (Phi) is 4.18. The van der Waals surface area contributed by atoms with E-state index in [4.69, 9.17) is 9.47 Å². The highest BCUT2D eigenvalue weighted by molar-refractivity contribution is 5.73. The first-order valence-corrected chi connectivity index (χ1v) is 4.72. The second-order valence-electron chi connectivity index (χ2n) is 3.11. The van der Waals surface area contributed by atoms with Crippen molar-refractivity contribution in [3.8, 4) is 0 Å². The molecule has 1 heterocycles. The third-order valence-corrected chi connectivity index (χ3v) is 2.25. The standard InChI is InChI=1S/C9H17NO3/c1-3-13-9(11)7-5-4-6-10-8(7)12-2/h7-8,10H,3-6H2,1-2H3. The molecule has 0 saturated carbocycles. The Bertz CT molecular complexity index is 172. The van der Waals surface area contributed by atoms with Crippen molar-refractivity contribution in [2.24, 2.45) is 5.92 Å². The molecule has 13 heavy (non-hydrogen) atoms. The van der Waals surface area contributed by atoms with E-state index in [1.807, 2.05) is 6.92 Å². The molecule has 0 amide bonds. The molecule has 1 fully saturated rings. The van der Waals surface area contributed by atoms with Crippen LogP contribution in [0.25, 0.3) is 0 Å². The highest BCUT2D eigenvalue weighted by Crippen LogP contribution is 2.18. The first-order chi connectivity index (χ1) is 6.29. The number of ether oxygens (including phenoxy) is 2. The van der Waals surface area contributed by atoms with Crippen molar-refractivity contribution in [2.45, 2.75) is 26.0 Å². The molecule has 2 unspecified atom stereocenters. The molecular weight excluding hydrogens is 170 g/mol. The number of carbonyl (C=O) groups excluding carboxylic acids is 1.